The van der Waals surface area contributed by atoms with Crippen LogP contribution in [0.1, 0.15) is 35.1 Å². The van der Waals surface area contributed by atoms with E-state index in [9.17, 15) is 9.59 Å². The van der Waals surface area contributed by atoms with Crippen LogP contribution in [0.5, 0.6) is 0 Å². The number of halogens is 1. The third kappa shape index (κ3) is 3.20. The molecule has 3 N–H and O–H groups in total. The predicted molar refractivity (Wildman–Crippen MR) is 101 cm³/mol. The van der Waals surface area contributed by atoms with Gasteiger partial charge in [0.1, 0.15) is 6.04 Å². The highest BCUT2D eigenvalue weighted by Gasteiger charge is 2.39. The molecule has 2 atom stereocenters. The second-order valence-electron chi connectivity index (χ2n) is 6.61. The number of fused-ring (bicyclic) bond motifs is 1. The Morgan fingerprint density at radius 1 is 1.31 bits per heavy atom. The van der Waals surface area contributed by atoms with E-state index in [1.54, 1.807) is 4.90 Å². The largest absolute Gasteiger partial charge is 0.339 e. The van der Waals surface area contributed by atoms with E-state index < -0.39 is 6.04 Å². The first-order chi connectivity index (χ1) is 12.1. The first-order valence-electron chi connectivity index (χ1n) is 8.61. The van der Waals surface area contributed by atoms with E-state index in [-0.39, 0.29) is 30.3 Å². The van der Waals surface area contributed by atoms with Crippen LogP contribution in [0, 0.1) is 0 Å². The molecular weight excluding hydrogens is 354 g/mol. The average molecular weight is 376 g/mol. The SMILES string of the molecule is CC1CC(NC(=O)c2n[nH]c3c2CNCC3)C(=O)N1c1ccccc1.Cl. The molecule has 2 aromatic rings. The molecule has 7 nitrogen and oxygen atoms in total. The molecule has 0 bridgehead atoms. The first-order valence-corrected chi connectivity index (χ1v) is 8.61. The number of carbonyl (C=O) groups is 2. The number of amides is 2. The molecule has 26 heavy (non-hydrogen) atoms. The summed E-state index contributed by atoms with van der Waals surface area (Å²) >= 11 is 0. The minimum atomic E-state index is -0.522. The lowest BCUT2D eigenvalue weighted by molar-refractivity contribution is -0.118. The quantitative estimate of drug-likeness (QED) is 0.756. The van der Waals surface area contributed by atoms with Gasteiger partial charge in [0.15, 0.2) is 5.69 Å². The van der Waals surface area contributed by atoms with Gasteiger partial charge in [-0.05, 0) is 25.5 Å². The Balaban J connectivity index is 0.00000196. The zero-order valence-electron chi connectivity index (χ0n) is 14.5. The third-order valence-electron chi connectivity index (χ3n) is 4.91. The van der Waals surface area contributed by atoms with Crippen LogP contribution in [-0.4, -0.2) is 40.6 Å². The maximum Gasteiger partial charge on any atom is 0.272 e. The molecule has 2 unspecified atom stereocenters. The van der Waals surface area contributed by atoms with Crippen molar-refractivity contribution in [3.05, 3.63) is 47.3 Å². The number of aromatic amines is 1. The molecule has 2 amide bonds. The van der Waals surface area contributed by atoms with E-state index in [0.717, 1.165) is 29.9 Å². The monoisotopic (exact) mass is 375 g/mol. The maximum absolute atomic E-state index is 12.8. The van der Waals surface area contributed by atoms with Crippen LogP contribution in [0.3, 0.4) is 0 Å². The van der Waals surface area contributed by atoms with Gasteiger partial charge in [-0.25, -0.2) is 0 Å². The summed E-state index contributed by atoms with van der Waals surface area (Å²) in [5.74, 6) is -0.365. The molecule has 2 aliphatic rings. The van der Waals surface area contributed by atoms with Crippen molar-refractivity contribution in [3.63, 3.8) is 0 Å². The summed E-state index contributed by atoms with van der Waals surface area (Å²) in [6, 6.07) is 9.07. The van der Waals surface area contributed by atoms with E-state index in [2.05, 4.69) is 20.8 Å². The summed E-state index contributed by atoms with van der Waals surface area (Å²) in [5, 5.41) is 13.2. The van der Waals surface area contributed by atoms with Crippen LogP contribution in [0.4, 0.5) is 5.69 Å². The number of nitrogens with one attached hydrogen (secondary N) is 3. The lowest BCUT2D eigenvalue weighted by Gasteiger charge is -2.21. The molecule has 8 heteroatoms. The topological polar surface area (TPSA) is 90.1 Å². The summed E-state index contributed by atoms with van der Waals surface area (Å²) in [6.07, 6.45) is 1.42. The molecule has 2 aliphatic heterocycles. The summed E-state index contributed by atoms with van der Waals surface area (Å²) in [6.45, 7) is 3.50. The highest BCUT2D eigenvalue weighted by molar-refractivity contribution is 6.04. The number of rotatable bonds is 3. The van der Waals surface area contributed by atoms with E-state index >= 15 is 0 Å². The Morgan fingerprint density at radius 2 is 2.08 bits per heavy atom. The van der Waals surface area contributed by atoms with Crippen molar-refractivity contribution in [1.82, 2.24) is 20.8 Å². The maximum atomic E-state index is 12.8. The molecule has 0 radical (unpaired) electrons. The third-order valence-corrected chi connectivity index (χ3v) is 4.91. The molecule has 0 spiro atoms. The Labute approximate surface area is 157 Å². The van der Waals surface area contributed by atoms with Gasteiger partial charge in [0, 0.05) is 42.5 Å². The highest BCUT2D eigenvalue weighted by atomic mass is 35.5. The number of H-pyrrole nitrogens is 1. The molecule has 3 heterocycles. The van der Waals surface area contributed by atoms with Gasteiger partial charge in [-0.2, -0.15) is 5.10 Å². The van der Waals surface area contributed by atoms with Crippen molar-refractivity contribution < 1.29 is 9.59 Å². The zero-order valence-corrected chi connectivity index (χ0v) is 15.3. The number of nitrogens with zero attached hydrogens (tertiary/aromatic N) is 2. The van der Waals surface area contributed by atoms with Gasteiger partial charge in [-0.1, -0.05) is 18.2 Å². The van der Waals surface area contributed by atoms with Gasteiger partial charge in [-0.3, -0.25) is 14.7 Å². The number of hydrogen-bond donors (Lipinski definition) is 3. The normalized spacial score (nSPS) is 21.9. The van der Waals surface area contributed by atoms with Gasteiger partial charge in [0.2, 0.25) is 5.91 Å². The number of aromatic nitrogens is 2. The van der Waals surface area contributed by atoms with Gasteiger partial charge in [0.25, 0.3) is 5.91 Å². The van der Waals surface area contributed by atoms with Gasteiger partial charge >= 0.3 is 0 Å². The van der Waals surface area contributed by atoms with Crippen molar-refractivity contribution in [2.24, 2.45) is 0 Å². The van der Waals surface area contributed by atoms with Crippen molar-refractivity contribution in [2.45, 2.75) is 38.4 Å². The van der Waals surface area contributed by atoms with Crippen LogP contribution in [0.25, 0.3) is 0 Å². The van der Waals surface area contributed by atoms with Gasteiger partial charge in [0.05, 0.1) is 0 Å². The van der Waals surface area contributed by atoms with E-state index in [1.165, 1.54) is 0 Å². The van der Waals surface area contributed by atoms with E-state index in [4.69, 9.17) is 0 Å². The number of carbonyl (C=O) groups excluding carboxylic acids is 2. The zero-order chi connectivity index (χ0) is 17.4. The molecule has 1 aromatic heterocycles. The smallest absolute Gasteiger partial charge is 0.272 e. The molecule has 4 rings (SSSR count). The second kappa shape index (κ2) is 7.47. The van der Waals surface area contributed by atoms with Crippen LogP contribution >= 0.6 is 12.4 Å². The lowest BCUT2D eigenvalue weighted by atomic mass is 10.1. The highest BCUT2D eigenvalue weighted by Crippen LogP contribution is 2.27. The standard InChI is InChI=1S/C18H21N5O2.ClH/c1-11-9-15(18(25)23(11)12-5-3-2-4-6-12)20-17(24)16-13-10-19-8-7-14(13)21-22-16;/h2-6,11,15,19H,7-10H2,1H3,(H,20,24)(H,21,22);1H. The summed E-state index contributed by atoms with van der Waals surface area (Å²) in [7, 11) is 0. The minimum Gasteiger partial charge on any atom is -0.339 e. The molecule has 1 fully saturated rings. The van der Waals surface area contributed by atoms with Gasteiger partial charge < -0.3 is 15.5 Å². The van der Waals surface area contributed by atoms with Crippen LogP contribution in [0.2, 0.25) is 0 Å². The lowest BCUT2D eigenvalue weighted by Crippen LogP contribution is -2.42. The number of para-hydroxylation sites is 1. The summed E-state index contributed by atoms with van der Waals surface area (Å²) < 4.78 is 0. The fourth-order valence-corrected chi connectivity index (χ4v) is 3.66. The van der Waals surface area contributed by atoms with Crippen LogP contribution in [-0.2, 0) is 17.8 Å². The van der Waals surface area contributed by atoms with E-state index in [1.807, 2.05) is 37.3 Å². The molecule has 0 saturated carbocycles. The molecule has 138 valence electrons. The van der Waals surface area contributed by atoms with Crippen molar-refractivity contribution in [1.29, 1.82) is 0 Å². The fraction of sp³-hybridized carbons (Fsp3) is 0.389. The van der Waals surface area contributed by atoms with Crippen LogP contribution < -0.4 is 15.5 Å². The Morgan fingerprint density at radius 3 is 2.85 bits per heavy atom. The van der Waals surface area contributed by atoms with Crippen molar-refractivity contribution in [3.8, 4) is 0 Å². The summed E-state index contributed by atoms with van der Waals surface area (Å²) in [4.78, 5) is 27.2. The fourth-order valence-electron chi connectivity index (χ4n) is 3.66. The first kappa shape index (κ1) is 18.4. The Kier molecular flexibility index (Phi) is 5.29. The molecular formula is C18H22ClN5O2. The molecule has 1 aromatic carbocycles. The van der Waals surface area contributed by atoms with Crippen molar-refractivity contribution in [2.75, 3.05) is 11.4 Å². The summed E-state index contributed by atoms with van der Waals surface area (Å²) in [5.41, 5.74) is 3.15. The Bertz CT molecular complexity index is 807. The van der Waals surface area contributed by atoms with E-state index in [0.29, 0.717) is 18.7 Å². The second-order valence-corrected chi connectivity index (χ2v) is 6.61. The Hall–Kier alpha value is -2.38. The predicted octanol–water partition coefficient (Wildman–Crippen LogP) is 1.40. The number of hydrogen-bond acceptors (Lipinski definition) is 4. The number of benzene rings is 1. The van der Waals surface area contributed by atoms with Crippen LogP contribution in [0.15, 0.2) is 30.3 Å². The van der Waals surface area contributed by atoms with Gasteiger partial charge in [-0.15, -0.1) is 12.4 Å². The minimum absolute atomic E-state index is 0. The molecule has 0 aliphatic carbocycles. The molecule has 1 saturated heterocycles. The number of anilines is 1. The average Bonchev–Trinajstić information content (AvgIpc) is 3.17. The van der Waals surface area contributed by atoms with Crippen molar-refractivity contribution >= 4 is 29.9 Å².